The second-order valence-electron chi connectivity index (χ2n) is 2.78. The molecular weight excluding hydrogens is 194 g/mol. The van der Waals surface area contributed by atoms with Crippen LogP contribution in [0.15, 0.2) is 23.5 Å². The number of methoxy groups -OCH3 is 1. The maximum absolute atomic E-state index is 10.7. The summed E-state index contributed by atoms with van der Waals surface area (Å²) in [6, 6.07) is 0. The Morgan fingerprint density at radius 2 is 2.46 bits per heavy atom. The van der Waals surface area contributed by atoms with Crippen molar-refractivity contribution < 1.29 is 14.6 Å². The second-order valence-corrected chi connectivity index (χ2v) is 3.49. The summed E-state index contributed by atoms with van der Waals surface area (Å²) >= 11 is 5.80. The molecule has 0 saturated carbocycles. The molecule has 0 spiro atoms. The smallest absolute Gasteiger partial charge is 0.339 e. The summed E-state index contributed by atoms with van der Waals surface area (Å²) in [6.07, 6.45) is 2.99. The summed E-state index contributed by atoms with van der Waals surface area (Å²) in [4.78, 5) is 9.62. The zero-order valence-corrected chi connectivity index (χ0v) is 7.84. The van der Waals surface area contributed by atoms with Gasteiger partial charge in [-0.1, -0.05) is 11.6 Å². The summed E-state index contributed by atoms with van der Waals surface area (Å²) < 4.78 is 4.88. The minimum absolute atomic E-state index is 0.101. The average Bonchev–Trinajstić information content (AvgIpc) is 2.01. The third kappa shape index (κ3) is 2.23. The van der Waals surface area contributed by atoms with Gasteiger partial charge >= 0.3 is 5.97 Å². The first-order valence-electron chi connectivity index (χ1n) is 3.64. The lowest BCUT2D eigenvalue weighted by atomic mass is 10.0. The Kier molecular flexibility index (Phi) is 2.63. The lowest BCUT2D eigenvalue weighted by molar-refractivity contribution is -0.132. The molecule has 0 aliphatic heterocycles. The fourth-order valence-electron chi connectivity index (χ4n) is 1.09. The van der Waals surface area contributed by atoms with E-state index in [1.807, 2.05) is 0 Å². The monoisotopic (exact) mass is 203 g/mol. The van der Waals surface area contributed by atoms with Gasteiger partial charge in [-0.25, -0.2) is 4.79 Å². The molecule has 0 aromatic carbocycles. The van der Waals surface area contributed by atoms with Gasteiger partial charge < -0.3 is 15.6 Å². The summed E-state index contributed by atoms with van der Waals surface area (Å²) in [6.45, 7) is 0. The van der Waals surface area contributed by atoms with Gasteiger partial charge in [0, 0.05) is 6.42 Å². The van der Waals surface area contributed by atoms with Gasteiger partial charge in [0.1, 0.15) is 10.8 Å². The maximum atomic E-state index is 10.7. The highest BCUT2D eigenvalue weighted by Gasteiger charge is 2.28. The highest BCUT2D eigenvalue weighted by molar-refractivity contribution is 6.25. The van der Waals surface area contributed by atoms with Crippen molar-refractivity contribution in [2.45, 2.75) is 11.4 Å². The minimum Gasteiger partial charge on any atom is -0.500 e. The Morgan fingerprint density at radius 1 is 1.85 bits per heavy atom. The molecule has 3 N–H and O–H groups in total. The SMILES string of the molecule is COC1=C(C(=O)O)C=CC(N)(Cl)C1. The predicted octanol–water partition coefficient (Wildman–Crippen LogP) is 0.825. The molecule has 0 heterocycles. The molecule has 1 unspecified atom stereocenters. The molecule has 0 radical (unpaired) electrons. The van der Waals surface area contributed by atoms with Crippen LogP contribution in [0.5, 0.6) is 0 Å². The molecule has 72 valence electrons. The fourth-order valence-corrected chi connectivity index (χ4v) is 1.27. The molecule has 5 heteroatoms. The number of carbonyl (C=O) groups is 1. The highest BCUT2D eigenvalue weighted by Crippen LogP contribution is 2.28. The maximum Gasteiger partial charge on any atom is 0.339 e. The van der Waals surface area contributed by atoms with Crippen molar-refractivity contribution >= 4 is 17.6 Å². The average molecular weight is 204 g/mol. The van der Waals surface area contributed by atoms with Crippen molar-refractivity contribution in [1.82, 2.24) is 0 Å². The third-order valence-corrected chi connectivity index (χ3v) is 2.00. The van der Waals surface area contributed by atoms with Gasteiger partial charge in [0.2, 0.25) is 0 Å². The molecule has 0 aromatic heterocycles. The lowest BCUT2D eigenvalue weighted by Crippen LogP contribution is -2.34. The van der Waals surface area contributed by atoms with Crippen molar-refractivity contribution in [1.29, 1.82) is 0 Å². The number of hydrogen-bond donors (Lipinski definition) is 2. The first-order valence-corrected chi connectivity index (χ1v) is 4.01. The van der Waals surface area contributed by atoms with Crippen LogP contribution in [0, 0.1) is 0 Å². The number of hydrogen-bond acceptors (Lipinski definition) is 3. The molecule has 1 atom stereocenters. The Morgan fingerprint density at radius 3 is 2.92 bits per heavy atom. The van der Waals surface area contributed by atoms with Crippen LogP contribution in [0.1, 0.15) is 6.42 Å². The zero-order chi connectivity index (χ0) is 10.1. The van der Waals surface area contributed by atoms with E-state index in [2.05, 4.69) is 0 Å². The van der Waals surface area contributed by atoms with E-state index in [0.29, 0.717) is 5.76 Å². The largest absolute Gasteiger partial charge is 0.500 e. The second kappa shape index (κ2) is 3.40. The number of ether oxygens (including phenoxy) is 1. The van der Waals surface area contributed by atoms with Crippen LogP contribution in [0.3, 0.4) is 0 Å². The van der Waals surface area contributed by atoms with E-state index in [9.17, 15) is 4.79 Å². The van der Waals surface area contributed by atoms with E-state index in [0.717, 1.165) is 0 Å². The molecular formula is C8H10ClNO3. The lowest BCUT2D eigenvalue weighted by Gasteiger charge is -2.23. The van der Waals surface area contributed by atoms with E-state index in [1.165, 1.54) is 19.3 Å². The topological polar surface area (TPSA) is 72.5 Å². The summed E-state index contributed by atoms with van der Waals surface area (Å²) in [5, 5.41) is 8.74. The first kappa shape index (κ1) is 10.1. The summed E-state index contributed by atoms with van der Waals surface area (Å²) in [7, 11) is 1.39. The van der Waals surface area contributed by atoms with Crippen LogP contribution in [-0.4, -0.2) is 23.2 Å². The van der Waals surface area contributed by atoms with Crippen LogP contribution in [0.4, 0.5) is 0 Å². The van der Waals surface area contributed by atoms with E-state index < -0.39 is 11.0 Å². The molecule has 13 heavy (non-hydrogen) atoms. The molecule has 1 aliphatic carbocycles. The van der Waals surface area contributed by atoms with Gasteiger partial charge in [0.25, 0.3) is 0 Å². The van der Waals surface area contributed by atoms with Crippen LogP contribution in [-0.2, 0) is 9.53 Å². The zero-order valence-electron chi connectivity index (χ0n) is 7.08. The van der Waals surface area contributed by atoms with Gasteiger partial charge in [-0.15, -0.1) is 0 Å². The van der Waals surface area contributed by atoms with Crippen LogP contribution in [0.25, 0.3) is 0 Å². The molecule has 0 bridgehead atoms. The van der Waals surface area contributed by atoms with Gasteiger partial charge in [-0.3, -0.25) is 0 Å². The van der Waals surface area contributed by atoms with Gasteiger partial charge in [0.15, 0.2) is 0 Å². The number of aliphatic carboxylic acids is 1. The van der Waals surface area contributed by atoms with Crippen molar-refractivity contribution in [2.24, 2.45) is 5.73 Å². The van der Waals surface area contributed by atoms with E-state index in [1.54, 1.807) is 0 Å². The Balaban J connectivity index is 3.01. The normalized spacial score (nSPS) is 27.6. The van der Waals surface area contributed by atoms with Crippen molar-refractivity contribution in [3.8, 4) is 0 Å². The van der Waals surface area contributed by atoms with Crippen molar-refractivity contribution in [3.63, 3.8) is 0 Å². The number of rotatable bonds is 2. The molecule has 0 amide bonds. The number of carboxylic acids is 1. The predicted molar refractivity (Wildman–Crippen MR) is 48.2 cm³/mol. The van der Waals surface area contributed by atoms with E-state index >= 15 is 0 Å². The molecule has 1 rings (SSSR count). The number of nitrogens with two attached hydrogens (primary N) is 1. The summed E-state index contributed by atoms with van der Waals surface area (Å²) in [5.41, 5.74) is 5.68. The third-order valence-electron chi connectivity index (χ3n) is 1.74. The molecule has 1 aliphatic rings. The van der Waals surface area contributed by atoms with Gasteiger partial charge in [-0.05, 0) is 12.2 Å². The minimum atomic E-state index is -1.04. The van der Waals surface area contributed by atoms with Crippen LogP contribution >= 0.6 is 11.6 Å². The van der Waals surface area contributed by atoms with Crippen LogP contribution in [0.2, 0.25) is 0 Å². The van der Waals surface area contributed by atoms with Gasteiger partial charge in [0.05, 0.1) is 12.7 Å². The first-order chi connectivity index (χ1) is 5.96. The van der Waals surface area contributed by atoms with E-state index in [4.69, 9.17) is 27.2 Å². The molecule has 0 fully saturated rings. The molecule has 4 nitrogen and oxygen atoms in total. The fraction of sp³-hybridized carbons (Fsp3) is 0.375. The standard InChI is InChI=1S/C8H10ClNO3/c1-13-6-4-8(9,10)3-2-5(6)7(11)12/h2-3H,4,10H2,1H3,(H,11,12). The van der Waals surface area contributed by atoms with Crippen molar-refractivity contribution in [2.75, 3.05) is 7.11 Å². The number of alkyl halides is 1. The summed E-state index contributed by atoms with van der Waals surface area (Å²) in [5.74, 6) is -0.743. The Hall–Kier alpha value is -1.00. The Bertz CT molecular complexity index is 294. The Labute approximate surface area is 80.6 Å². The number of halogens is 1. The highest BCUT2D eigenvalue weighted by atomic mass is 35.5. The van der Waals surface area contributed by atoms with Crippen LogP contribution < -0.4 is 5.73 Å². The quantitative estimate of drug-likeness (QED) is 0.515. The van der Waals surface area contributed by atoms with Crippen molar-refractivity contribution in [3.05, 3.63) is 23.5 Å². The number of carboxylic acid groups (broad SMARTS) is 1. The van der Waals surface area contributed by atoms with E-state index in [-0.39, 0.29) is 12.0 Å². The molecule has 0 saturated heterocycles. The van der Waals surface area contributed by atoms with Gasteiger partial charge in [-0.2, -0.15) is 0 Å². The molecule has 0 aromatic rings.